The molecular formula is C25H26N6O5. The Kier molecular flexibility index (Phi) is 5.71. The van der Waals surface area contributed by atoms with Crippen LogP contribution in [0.15, 0.2) is 47.2 Å². The number of anilines is 1. The fourth-order valence-electron chi connectivity index (χ4n) is 4.02. The van der Waals surface area contributed by atoms with Gasteiger partial charge in [0, 0.05) is 30.5 Å². The third-order valence-corrected chi connectivity index (χ3v) is 6.29. The minimum atomic E-state index is -1.06. The number of aromatic nitrogens is 4. The fourth-order valence-corrected chi connectivity index (χ4v) is 4.02. The normalized spacial score (nSPS) is 14.1. The Balaban J connectivity index is 1.36. The van der Waals surface area contributed by atoms with Crippen molar-refractivity contribution in [1.29, 1.82) is 0 Å². The molecule has 3 aromatic heterocycles. The van der Waals surface area contributed by atoms with Gasteiger partial charge in [0.05, 0.1) is 24.8 Å². The van der Waals surface area contributed by atoms with Crippen molar-refractivity contribution in [3.8, 4) is 11.4 Å². The maximum Gasteiger partial charge on any atom is 0.409 e. The van der Waals surface area contributed by atoms with Crippen LogP contribution in [0.1, 0.15) is 47.3 Å². The molecule has 1 saturated heterocycles. The third kappa shape index (κ3) is 4.29. The van der Waals surface area contributed by atoms with E-state index in [1.807, 2.05) is 19.1 Å². The van der Waals surface area contributed by atoms with Gasteiger partial charge in [-0.2, -0.15) is 4.98 Å². The first-order valence-corrected chi connectivity index (χ1v) is 11.4. The zero-order valence-corrected chi connectivity index (χ0v) is 20.3. The Bertz CT molecular complexity index is 1460. The second-order valence-corrected chi connectivity index (χ2v) is 9.36. The molecule has 0 unspecified atom stereocenters. The van der Waals surface area contributed by atoms with E-state index in [1.165, 1.54) is 13.3 Å². The summed E-state index contributed by atoms with van der Waals surface area (Å²) in [5.41, 5.74) is 2.67. The summed E-state index contributed by atoms with van der Waals surface area (Å²) in [7, 11) is 1.34. The quantitative estimate of drug-likeness (QED) is 0.435. The number of imidazole rings is 1. The number of amides is 2. The zero-order chi connectivity index (χ0) is 25.6. The lowest BCUT2D eigenvalue weighted by Crippen LogP contribution is -2.48. The van der Waals surface area contributed by atoms with Gasteiger partial charge in [-0.25, -0.2) is 9.78 Å². The van der Waals surface area contributed by atoms with E-state index in [2.05, 4.69) is 20.4 Å². The Hall–Kier alpha value is -4.25. The topological polar surface area (TPSA) is 135 Å². The highest BCUT2D eigenvalue weighted by Gasteiger charge is 2.36. The molecule has 11 nitrogen and oxygen atoms in total. The number of aliphatic hydroxyl groups is 1. The molecule has 11 heteroatoms. The number of likely N-dealkylation sites (tertiary alicyclic amines) is 1. The molecule has 2 N–H and O–H groups in total. The Morgan fingerprint density at radius 3 is 2.72 bits per heavy atom. The molecule has 0 spiro atoms. The molecule has 1 fully saturated rings. The van der Waals surface area contributed by atoms with Crippen molar-refractivity contribution in [2.75, 3.05) is 25.5 Å². The van der Waals surface area contributed by atoms with Crippen LogP contribution in [0.2, 0.25) is 0 Å². The molecule has 0 atom stereocenters. The minimum Gasteiger partial charge on any atom is -0.453 e. The molecule has 36 heavy (non-hydrogen) atoms. The van der Waals surface area contributed by atoms with Crippen LogP contribution in [0.3, 0.4) is 0 Å². The van der Waals surface area contributed by atoms with Crippen molar-refractivity contribution in [2.24, 2.45) is 0 Å². The van der Waals surface area contributed by atoms with E-state index in [1.54, 1.807) is 47.5 Å². The highest BCUT2D eigenvalue weighted by Crippen LogP contribution is 2.30. The van der Waals surface area contributed by atoms with Gasteiger partial charge in [-0.3, -0.25) is 9.20 Å². The van der Waals surface area contributed by atoms with Crippen LogP contribution < -0.4 is 5.32 Å². The molecule has 0 saturated carbocycles. The molecule has 4 heterocycles. The summed E-state index contributed by atoms with van der Waals surface area (Å²) in [5, 5.41) is 17.4. The number of hydrogen-bond acceptors (Lipinski definition) is 8. The van der Waals surface area contributed by atoms with Gasteiger partial charge in [-0.1, -0.05) is 23.4 Å². The van der Waals surface area contributed by atoms with E-state index in [9.17, 15) is 14.7 Å². The summed E-state index contributed by atoms with van der Waals surface area (Å²) in [6, 6.07) is 9.05. The average molecular weight is 491 g/mol. The lowest BCUT2D eigenvalue weighted by molar-refractivity contribution is 0.0779. The molecule has 1 aromatic carbocycles. The predicted molar refractivity (Wildman–Crippen MR) is 130 cm³/mol. The molecule has 0 aliphatic carbocycles. The molecule has 1 aliphatic rings. The maximum atomic E-state index is 13.2. The molecule has 5 rings (SSSR count). The van der Waals surface area contributed by atoms with Crippen LogP contribution in [0.4, 0.5) is 10.5 Å². The van der Waals surface area contributed by atoms with Crippen LogP contribution in [-0.4, -0.2) is 61.7 Å². The summed E-state index contributed by atoms with van der Waals surface area (Å²) in [6.45, 7) is 6.17. The van der Waals surface area contributed by atoms with Crippen LogP contribution in [0.5, 0.6) is 0 Å². The van der Waals surface area contributed by atoms with Crippen molar-refractivity contribution >= 4 is 23.3 Å². The molecule has 4 aromatic rings. The van der Waals surface area contributed by atoms with Crippen molar-refractivity contribution < 1.29 is 24.0 Å². The summed E-state index contributed by atoms with van der Waals surface area (Å²) in [4.78, 5) is 35.1. The smallest absolute Gasteiger partial charge is 0.409 e. The number of hydrogen-bond donors (Lipinski definition) is 2. The SMILES string of the molecule is COC(=O)N1CC(c2nc(-c3ccc(C)c(NC(=O)c4cnc5ccc(C(C)(C)O)cn45)c3)no2)C1. The number of rotatable bonds is 5. The van der Waals surface area contributed by atoms with Gasteiger partial charge in [0.2, 0.25) is 11.7 Å². The van der Waals surface area contributed by atoms with Crippen LogP contribution in [0.25, 0.3) is 17.0 Å². The van der Waals surface area contributed by atoms with E-state index < -0.39 is 5.60 Å². The van der Waals surface area contributed by atoms with Crippen LogP contribution in [-0.2, 0) is 10.3 Å². The summed E-state index contributed by atoms with van der Waals surface area (Å²) in [5.74, 6) is 0.451. The standard InChI is InChI=1S/C25H26N6O5/c1-14-5-6-15(21-28-23(36-29-21)16-11-30(12-16)24(33)35-4)9-18(14)27-22(32)19-10-26-20-8-7-17(13-31(19)20)25(2,3)34/h5-10,13,16,34H,11-12H2,1-4H3,(H,27,32). The molecular weight excluding hydrogens is 464 g/mol. The highest BCUT2D eigenvalue weighted by atomic mass is 16.5. The van der Waals surface area contributed by atoms with E-state index in [-0.39, 0.29) is 17.9 Å². The molecule has 0 radical (unpaired) electrons. The van der Waals surface area contributed by atoms with E-state index in [4.69, 9.17) is 9.26 Å². The second-order valence-electron chi connectivity index (χ2n) is 9.36. The molecule has 1 aliphatic heterocycles. The van der Waals surface area contributed by atoms with Crippen LogP contribution in [0, 0.1) is 6.92 Å². The van der Waals surface area contributed by atoms with Crippen LogP contribution >= 0.6 is 0 Å². The first-order chi connectivity index (χ1) is 17.1. The van der Waals surface area contributed by atoms with Gasteiger partial charge in [0.25, 0.3) is 5.91 Å². The maximum absolute atomic E-state index is 13.2. The van der Waals surface area contributed by atoms with E-state index in [0.717, 1.165) is 5.56 Å². The average Bonchev–Trinajstić information content (AvgIpc) is 3.46. The van der Waals surface area contributed by atoms with Gasteiger partial charge < -0.3 is 24.6 Å². The van der Waals surface area contributed by atoms with Crippen molar-refractivity contribution in [1.82, 2.24) is 24.4 Å². The van der Waals surface area contributed by atoms with Crippen molar-refractivity contribution in [2.45, 2.75) is 32.3 Å². The number of methoxy groups -OCH3 is 1. The first kappa shape index (κ1) is 23.5. The van der Waals surface area contributed by atoms with E-state index in [0.29, 0.717) is 53.0 Å². The summed E-state index contributed by atoms with van der Waals surface area (Å²) >= 11 is 0. The predicted octanol–water partition coefficient (Wildman–Crippen LogP) is 3.34. The lowest BCUT2D eigenvalue weighted by atomic mass is 10.0. The van der Waals surface area contributed by atoms with Gasteiger partial charge >= 0.3 is 6.09 Å². The third-order valence-electron chi connectivity index (χ3n) is 6.29. The van der Waals surface area contributed by atoms with E-state index >= 15 is 0 Å². The lowest BCUT2D eigenvalue weighted by Gasteiger charge is -2.35. The Morgan fingerprint density at radius 2 is 2.00 bits per heavy atom. The largest absolute Gasteiger partial charge is 0.453 e. The number of aryl methyl sites for hydroxylation is 1. The molecule has 0 bridgehead atoms. The highest BCUT2D eigenvalue weighted by molar-refractivity contribution is 6.04. The minimum absolute atomic E-state index is 0.0427. The number of benzene rings is 1. The van der Waals surface area contributed by atoms with Crippen molar-refractivity contribution in [3.05, 3.63) is 65.4 Å². The number of carbonyl (C=O) groups excluding carboxylic acids is 2. The Morgan fingerprint density at radius 1 is 1.22 bits per heavy atom. The zero-order valence-electron chi connectivity index (χ0n) is 20.3. The number of pyridine rings is 1. The van der Waals surface area contributed by atoms with Gasteiger partial charge in [-0.15, -0.1) is 0 Å². The van der Waals surface area contributed by atoms with Crippen molar-refractivity contribution in [3.63, 3.8) is 0 Å². The molecule has 186 valence electrons. The Labute approximate surface area is 206 Å². The van der Waals surface area contributed by atoms with Gasteiger partial charge in [-0.05, 0) is 44.0 Å². The molecule has 2 amide bonds. The second kappa shape index (κ2) is 8.76. The fraction of sp³-hybridized carbons (Fsp3) is 0.320. The van der Waals surface area contributed by atoms with Gasteiger partial charge in [0.1, 0.15) is 11.3 Å². The number of ether oxygens (including phenoxy) is 1. The summed E-state index contributed by atoms with van der Waals surface area (Å²) in [6.07, 6.45) is 2.83. The monoisotopic (exact) mass is 490 g/mol. The first-order valence-electron chi connectivity index (χ1n) is 11.4. The number of fused-ring (bicyclic) bond motifs is 1. The van der Waals surface area contributed by atoms with Gasteiger partial charge in [0.15, 0.2) is 0 Å². The number of carbonyl (C=O) groups is 2. The number of nitrogens with zero attached hydrogens (tertiary/aromatic N) is 5. The summed E-state index contributed by atoms with van der Waals surface area (Å²) < 4.78 is 11.8. The number of nitrogens with one attached hydrogen (secondary N) is 1.